The topological polar surface area (TPSA) is 52.1 Å². The molecule has 19 heavy (non-hydrogen) atoms. The van der Waals surface area contributed by atoms with E-state index in [2.05, 4.69) is 36.7 Å². The molecule has 0 spiro atoms. The van der Waals surface area contributed by atoms with E-state index in [0.717, 1.165) is 4.34 Å². The van der Waals surface area contributed by atoms with E-state index in [0.29, 0.717) is 18.2 Å². The summed E-state index contributed by atoms with van der Waals surface area (Å²) in [5, 5.41) is 7.42. The van der Waals surface area contributed by atoms with Crippen LogP contribution in [0.5, 0.6) is 0 Å². The van der Waals surface area contributed by atoms with Crippen LogP contribution in [0.15, 0.2) is 8.68 Å². The molecule has 0 aromatic carbocycles. The van der Waals surface area contributed by atoms with E-state index < -0.39 is 5.31 Å². The molecule has 0 aliphatic rings. The standard InChI is InChI=1S/C11H19BN2O2S3/c1-6-16-7(15)10(2,3)12-11(4,5)19-9-14-13-8(17)18-9/h12H,6H2,1-5H3,(H,13,17). The van der Waals surface area contributed by atoms with Gasteiger partial charge in [0.15, 0.2) is 16.0 Å². The van der Waals surface area contributed by atoms with E-state index in [9.17, 15) is 4.79 Å². The summed E-state index contributed by atoms with van der Waals surface area (Å²) < 4.78 is 6.52. The highest BCUT2D eigenvalue weighted by Gasteiger charge is 2.38. The van der Waals surface area contributed by atoms with Gasteiger partial charge in [-0.05, 0) is 11.6 Å². The van der Waals surface area contributed by atoms with Crippen molar-refractivity contribution < 1.29 is 9.53 Å². The van der Waals surface area contributed by atoms with Crippen LogP contribution in [-0.4, -0.2) is 34.7 Å². The fourth-order valence-electron chi connectivity index (χ4n) is 1.98. The van der Waals surface area contributed by atoms with Crippen LogP contribution in [0.3, 0.4) is 0 Å². The molecule has 0 aliphatic carbocycles. The van der Waals surface area contributed by atoms with Crippen LogP contribution in [0.1, 0.15) is 34.6 Å². The minimum atomic E-state index is -0.513. The monoisotopic (exact) mass is 318 g/mol. The van der Waals surface area contributed by atoms with Gasteiger partial charge >= 0.3 is 5.97 Å². The second-order valence-electron chi connectivity index (χ2n) is 5.49. The highest BCUT2D eigenvalue weighted by atomic mass is 32.2. The lowest BCUT2D eigenvalue weighted by atomic mass is 9.47. The Morgan fingerprint density at radius 1 is 1.42 bits per heavy atom. The molecule has 0 fully saturated rings. The maximum absolute atomic E-state index is 11.9. The smallest absolute Gasteiger partial charge is 0.303 e. The lowest BCUT2D eigenvalue weighted by Crippen LogP contribution is -2.37. The number of rotatable bonds is 6. The third-order valence-corrected chi connectivity index (χ3v) is 4.79. The van der Waals surface area contributed by atoms with Crippen molar-refractivity contribution in [2.24, 2.45) is 0 Å². The van der Waals surface area contributed by atoms with Crippen LogP contribution in [0.25, 0.3) is 0 Å². The summed E-state index contributed by atoms with van der Waals surface area (Å²) in [6, 6.07) is 0. The van der Waals surface area contributed by atoms with Crippen LogP contribution in [0, 0.1) is 0 Å². The zero-order valence-electron chi connectivity index (χ0n) is 11.9. The minimum Gasteiger partial charge on any atom is -0.466 e. The summed E-state index contributed by atoms with van der Waals surface area (Å²) in [7, 11) is 0.699. The molecule has 0 saturated heterocycles. The van der Waals surface area contributed by atoms with Crippen molar-refractivity contribution in [3.05, 3.63) is 0 Å². The van der Waals surface area contributed by atoms with Crippen molar-refractivity contribution in [2.75, 3.05) is 6.61 Å². The van der Waals surface area contributed by atoms with Gasteiger partial charge in [-0.2, -0.15) is 0 Å². The molecule has 1 rings (SSSR count). The van der Waals surface area contributed by atoms with Gasteiger partial charge in [0.1, 0.15) is 0 Å². The second kappa shape index (κ2) is 6.50. The summed E-state index contributed by atoms with van der Waals surface area (Å²) in [4.78, 5) is 11.9. The summed E-state index contributed by atoms with van der Waals surface area (Å²) >= 11 is 7.22. The van der Waals surface area contributed by atoms with Crippen molar-refractivity contribution in [1.82, 2.24) is 10.2 Å². The van der Waals surface area contributed by atoms with Crippen LogP contribution in [-0.2, 0) is 9.53 Å². The van der Waals surface area contributed by atoms with Crippen molar-refractivity contribution in [2.45, 2.75) is 53.3 Å². The molecule has 0 aliphatic heterocycles. The number of hydrogen-bond acceptors (Lipinski definition) is 7. The molecule has 0 N–H and O–H groups in total. The van der Waals surface area contributed by atoms with Crippen molar-refractivity contribution >= 4 is 49.0 Å². The maximum Gasteiger partial charge on any atom is 0.303 e. The van der Waals surface area contributed by atoms with Gasteiger partial charge in [-0.1, -0.05) is 50.8 Å². The van der Waals surface area contributed by atoms with Crippen molar-refractivity contribution in [1.29, 1.82) is 0 Å². The van der Waals surface area contributed by atoms with Gasteiger partial charge in [-0.15, -0.1) is 22.8 Å². The molecule has 0 bridgehead atoms. The van der Waals surface area contributed by atoms with Crippen molar-refractivity contribution in [3.8, 4) is 0 Å². The first kappa shape index (κ1) is 16.8. The Balaban J connectivity index is 2.70. The highest BCUT2D eigenvalue weighted by Crippen LogP contribution is 2.40. The molecule has 1 aromatic heterocycles. The van der Waals surface area contributed by atoms with Crippen LogP contribution >= 0.6 is 35.7 Å². The summed E-state index contributed by atoms with van der Waals surface area (Å²) in [5.41, 5.74) is 0. The van der Waals surface area contributed by atoms with E-state index >= 15 is 0 Å². The van der Waals surface area contributed by atoms with Gasteiger partial charge in [0.05, 0.1) is 6.61 Å². The first-order valence-corrected chi connectivity index (χ1v) is 8.13. The number of aromatic nitrogens is 2. The molecular weight excluding hydrogens is 299 g/mol. The molecule has 1 heterocycles. The highest BCUT2D eigenvalue weighted by molar-refractivity contribution is 8.03. The van der Waals surface area contributed by atoms with Gasteiger partial charge in [0.2, 0.25) is 0 Å². The number of nitrogens with zero attached hydrogens (tertiary/aromatic N) is 2. The van der Waals surface area contributed by atoms with Gasteiger partial charge in [0, 0.05) is 5.31 Å². The number of thiol groups is 1. The summed E-state index contributed by atoms with van der Waals surface area (Å²) in [5.74, 6) is -0.157. The van der Waals surface area contributed by atoms with E-state index in [4.69, 9.17) is 4.74 Å². The third kappa shape index (κ3) is 5.35. The van der Waals surface area contributed by atoms with Gasteiger partial charge in [-0.25, -0.2) is 0 Å². The predicted molar refractivity (Wildman–Crippen MR) is 84.9 cm³/mol. The van der Waals surface area contributed by atoms with E-state index in [1.165, 1.54) is 11.3 Å². The van der Waals surface area contributed by atoms with E-state index in [1.807, 2.05) is 20.8 Å². The molecular formula is C11H19BN2O2S3. The molecule has 1 aromatic rings. The van der Waals surface area contributed by atoms with Crippen LogP contribution < -0.4 is 0 Å². The average Bonchev–Trinajstić information content (AvgIpc) is 2.61. The number of esters is 1. The van der Waals surface area contributed by atoms with Crippen LogP contribution in [0.4, 0.5) is 0 Å². The number of carbonyl (C=O) groups excluding carboxylic acids is 1. The Morgan fingerprint density at radius 3 is 2.53 bits per heavy atom. The average molecular weight is 318 g/mol. The predicted octanol–water partition coefficient (Wildman–Crippen LogP) is 2.85. The Labute approximate surface area is 128 Å². The molecule has 106 valence electrons. The Hall–Kier alpha value is -0.205. The maximum atomic E-state index is 11.9. The quantitative estimate of drug-likeness (QED) is 0.378. The first-order chi connectivity index (χ1) is 8.66. The lowest BCUT2D eigenvalue weighted by Gasteiger charge is -2.30. The zero-order chi connectivity index (χ0) is 14.7. The minimum absolute atomic E-state index is 0.129. The van der Waals surface area contributed by atoms with Gasteiger partial charge < -0.3 is 4.74 Å². The Bertz CT molecular complexity index is 449. The molecule has 0 saturated carbocycles. The zero-order valence-corrected chi connectivity index (χ0v) is 14.4. The molecule has 0 atom stereocenters. The van der Waals surface area contributed by atoms with Crippen LogP contribution in [0.2, 0.25) is 5.31 Å². The molecule has 0 unspecified atom stereocenters. The number of carbonyl (C=O) groups is 1. The lowest BCUT2D eigenvalue weighted by molar-refractivity contribution is -0.145. The molecule has 8 heteroatoms. The Morgan fingerprint density at radius 2 is 2.05 bits per heavy atom. The van der Waals surface area contributed by atoms with Gasteiger partial charge in [0.25, 0.3) is 0 Å². The van der Waals surface area contributed by atoms with Crippen molar-refractivity contribution in [3.63, 3.8) is 0 Å². The van der Waals surface area contributed by atoms with E-state index in [-0.39, 0.29) is 10.6 Å². The summed E-state index contributed by atoms with van der Waals surface area (Å²) in [6.07, 6.45) is 0. The normalized spacial score (nSPS) is 12.3. The Kier molecular flexibility index (Phi) is 5.76. The SMILES string of the molecule is CCOC(=O)C(C)(C)BC(C)(C)Sc1nnc(S)s1. The molecule has 0 radical (unpaired) electrons. The third-order valence-electron chi connectivity index (χ3n) is 2.46. The fourth-order valence-corrected chi connectivity index (χ4v) is 4.86. The first-order valence-electron chi connectivity index (χ1n) is 6.05. The fraction of sp³-hybridized carbons (Fsp3) is 0.727. The number of hydrogen-bond donors (Lipinski definition) is 1. The largest absolute Gasteiger partial charge is 0.466 e. The van der Waals surface area contributed by atoms with E-state index in [1.54, 1.807) is 11.8 Å². The molecule has 4 nitrogen and oxygen atoms in total. The second-order valence-corrected chi connectivity index (χ2v) is 9.15. The van der Waals surface area contributed by atoms with Gasteiger partial charge in [-0.3, -0.25) is 4.79 Å². The summed E-state index contributed by atoms with van der Waals surface area (Å²) in [6.45, 7) is 10.3. The number of ether oxygens (including phenoxy) is 1. The molecule has 0 amide bonds. The number of thioether (sulfide) groups is 1.